The Bertz CT molecular complexity index is 574. The van der Waals surface area contributed by atoms with Gasteiger partial charge in [0.2, 0.25) is 0 Å². The summed E-state index contributed by atoms with van der Waals surface area (Å²) in [6.45, 7) is 4.27. The van der Waals surface area contributed by atoms with Gasteiger partial charge in [-0.1, -0.05) is 37.0 Å². The Hall–Kier alpha value is -1.19. The first-order chi connectivity index (χ1) is 9.06. The molecule has 0 fully saturated rings. The van der Waals surface area contributed by atoms with Crippen LogP contribution >= 0.6 is 23.2 Å². The summed E-state index contributed by atoms with van der Waals surface area (Å²) >= 11 is 12.2. The highest BCUT2D eigenvalue weighted by molar-refractivity contribution is 6.35. The minimum atomic E-state index is 0.356. The molecule has 0 saturated heterocycles. The molecule has 3 nitrogen and oxygen atoms in total. The molecule has 2 N–H and O–H groups in total. The summed E-state index contributed by atoms with van der Waals surface area (Å²) in [6, 6.07) is 5.66. The van der Waals surface area contributed by atoms with Gasteiger partial charge in [-0.25, -0.2) is 0 Å². The van der Waals surface area contributed by atoms with E-state index in [0.717, 1.165) is 18.4 Å². The molecule has 0 unspecified atom stereocenters. The maximum atomic E-state index is 6.20. The molecule has 0 saturated carbocycles. The minimum Gasteiger partial charge on any atom is -0.396 e. The van der Waals surface area contributed by atoms with Crippen LogP contribution in [0, 0.1) is 0 Å². The van der Waals surface area contributed by atoms with Crippen molar-refractivity contribution in [3.05, 3.63) is 34.4 Å². The lowest BCUT2D eigenvalue weighted by Crippen LogP contribution is -2.07. The number of hydrogen-bond acceptors (Lipinski definition) is 2. The first-order valence-corrected chi connectivity index (χ1v) is 7.12. The molecule has 0 aliphatic carbocycles. The lowest BCUT2D eigenvalue weighted by molar-refractivity contribution is 0.429. The number of benzene rings is 1. The summed E-state index contributed by atoms with van der Waals surface area (Å²) in [6.07, 6.45) is 3.89. The van der Waals surface area contributed by atoms with Crippen LogP contribution in [0.5, 0.6) is 0 Å². The van der Waals surface area contributed by atoms with Crippen molar-refractivity contribution < 1.29 is 0 Å². The predicted octanol–water partition coefficient (Wildman–Crippen LogP) is 4.80. The van der Waals surface area contributed by atoms with Crippen LogP contribution in [-0.4, -0.2) is 9.78 Å². The molecular weight excluding hydrogens is 281 g/mol. The third-order valence-electron chi connectivity index (χ3n) is 3.26. The second kappa shape index (κ2) is 5.85. The summed E-state index contributed by atoms with van der Waals surface area (Å²) in [7, 11) is 0. The smallest absolute Gasteiger partial charge is 0.117 e. The zero-order valence-corrected chi connectivity index (χ0v) is 12.5. The van der Waals surface area contributed by atoms with Crippen LogP contribution in [0.1, 0.15) is 32.7 Å². The number of rotatable bonds is 4. The number of nitrogens with zero attached hydrogens (tertiary/aromatic N) is 2. The highest BCUT2D eigenvalue weighted by Gasteiger charge is 2.15. The largest absolute Gasteiger partial charge is 0.396 e. The van der Waals surface area contributed by atoms with Crippen molar-refractivity contribution in [3.63, 3.8) is 0 Å². The first-order valence-electron chi connectivity index (χ1n) is 6.36. The number of nitrogen functional groups attached to an aromatic ring is 1. The normalized spacial score (nSPS) is 11.2. The van der Waals surface area contributed by atoms with Gasteiger partial charge in [-0.2, -0.15) is 5.10 Å². The molecule has 0 aliphatic rings. The van der Waals surface area contributed by atoms with Crippen molar-refractivity contribution in [1.29, 1.82) is 0 Å². The molecule has 1 heterocycles. The van der Waals surface area contributed by atoms with E-state index in [0.29, 0.717) is 27.5 Å². The number of halogens is 2. The van der Waals surface area contributed by atoms with Gasteiger partial charge < -0.3 is 5.73 Å². The molecule has 0 spiro atoms. The second-order valence-corrected chi connectivity index (χ2v) is 5.35. The number of anilines is 1. The minimum absolute atomic E-state index is 0.356. The zero-order valence-electron chi connectivity index (χ0n) is 11.0. The van der Waals surface area contributed by atoms with E-state index in [4.69, 9.17) is 28.9 Å². The van der Waals surface area contributed by atoms with Crippen molar-refractivity contribution in [2.45, 2.75) is 32.7 Å². The van der Waals surface area contributed by atoms with Gasteiger partial charge in [-0.05, 0) is 31.0 Å². The van der Waals surface area contributed by atoms with Crippen molar-refractivity contribution in [2.75, 3.05) is 5.73 Å². The van der Waals surface area contributed by atoms with Gasteiger partial charge in [-0.15, -0.1) is 0 Å². The number of aromatic nitrogens is 2. The third kappa shape index (κ3) is 2.88. The van der Waals surface area contributed by atoms with E-state index < -0.39 is 0 Å². The lowest BCUT2D eigenvalue weighted by Gasteiger charge is -2.12. The molecule has 2 rings (SSSR count). The van der Waals surface area contributed by atoms with Crippen molar-refractivity contribution in [2.24, 2.45) is 0 Å². The monoisotopic (exact) mass is 297 g/mol. The van der Waals surface area contributed by atoms with Crippen LogP contribution in [0.2, 0.25) is 10.0 Å². The van der Waals surface area contributed by atoms with Gasteiger partial charge in [0.15, 0.2) is 0 Å². The van der Waals surface area contributed by atoms with E-state index in [2.05, 4.69) is 18.9 Å². The van der Waals surface area contributed by atoms with E-state index in [1.165, 1.54) is 0 Å². The molecule has 0 radical (unpaired) electrons. The van der Waals surface area contributed by atoms with Crippen LogP contribution in [0.15, 0.2) is 24.4 Å². The second-order valence-electron chi connectivity index (χ2n) is 4.51. The molecule has 0 aliphatic heterocycles. The fraction of sp³-hybridized carbons (Fsp3) is 0.357. The van der Waals surface area contributed by atoms with Gasteiger partial charge in [0, 0.05) is 16.8 Å². The average Bonchev–Trinajstić information content (AvgIpc) is 2.76. The van der Waals surface area contributed by atoms with E-state index in [1.807, 2.05) is 10.9 Å². The molecular formula is C14H17Cl2N3. The van der Waals surface area contributed by atoms with Crippen LogP contribution in [0.3, 0.4) is 0 Å². The molecule has 0 bridgehead atoms. The molecule has 0 atom stereocenters. The van der Waals surface area contributed by atoms with Gasteiger partial charge in [-0.3, -0.25) is 4.68 Å². The molecule has 5 heteroatoms. The maximum absolute atomic E-state index is 6.20. The van der Waals surface area contributed by atoms with Gasteiger partial charge >= 0.3 is 0 Å². The fourth-order valence-electron chi connectivity index (χ4n) is 2.14. The summed E-state index contributed by atoms with van der Waals surface area (Å²) in [5.74, 6) is 0. The van der Waals surface area contributed by atoms with Crippen LogP contribution in [-0.2, 0) is 0 Å². The highest BCUT2D eigenvalue weighted by Crippen LogP contribution is 2.33. The Morgan fingerprint density at radius 2 is 1.95 bits per heavy atom. The Labute approximate surface area is 123 Å². The van der Waals surface area contributed by atoms with E-state index in [-0.39, 0.29) is 0 Å². The van der Waals surface area contributed by atoms with E-state index >= 15 is 0 Å². The highest BCUT2D eigenvalue weighted by atomic mass is 35.5. The van der Waals surface area contributed by atoms with Crippen molar-refractivity contribution in [1.82, 2.24) is 9.78 Å². The van der Waals surface area contributed by atoms with Crippen LogP contribution in [0.25, 0.3) is 11.3 Å². The van der Waals surface area contributed by atoms with Gasteiger partial charge in [0.1, 0.15) is 5.69 Å². The third-order valence-corrected chi connectivity index (χ3v) is 3.83. The topological polar surface area (TPSA) is 43.8 Å². The molecule has 1 aromatic heterocycles. The average molecular weight is 298 g/mol. The zero-order chi connectivity index (χ0) is 14.0. The molecule has 1 aromatic carbocycles. The van der Waals surface area contributed by atoms with Crippen molar-refractivity contribution >= 4 is 28.9 Å². The standard InChI is InChI=1S/C14H17Cl2N3/c1-3-10(4-2)19-8-13(17)14(18-19)11-7-9(15)5-6-12(11)16/h5-8,10H,3-4,17H2,1-2H3. The number of nitrogens with two attached hydrogens (primary N) is 1. The van der Waals surface area contributed by atoms with Gasteiger partial charge in [0.05, 0.1) is 16.8 Å². The fourth-order valence-corrected chi connectivity index (χ4v) is 2.52. The Kier molecular flexibility index (Phi) is 4.38. The Morgan fingerprint density at radius 1 is 1.26 bits per heavy atom. The molecule has 2 aromatic rings. The van der Waals surface area contributed by atoms with Gasteiger partial charge in [0.25, 0.3) is 0 Å². The van der Waals surface area contributed by atoms with Crippen LogP contribution < -0.4 is 5.73 Å². The van der Waals surface area contributed by atoms with E-state index in [1.54, 1.807) is 18.2 Å². The summed E-state index contributed by atoms with van der Waals surface area (Å²) in [4.78, 5) is 0. The quantitative estimate of drug-likeness (QED) is 0.881. The summed E-state index contributed by atoms with van der Waals surface area (Å²) < 4.78 is 1.92. The SMILES string of the molecule is CCC(CC)n1cc(N)c(-c2cc(Cl)ccc2Cl)n1. The van der Waals surface area contributed by atoms with E-state index in [9.17, 15) is 0 Å². The maximum Gasteiger partial charge on any atom is 0.117 e. The predicted molar refractivity (Wildman–Crippen MR) is 81.7 cm³/mol. The summed E-state index contributed by atoms with van der Waals surface area (Å²) in [5, 5.41) is 5.80. The molecule has 102 valence electrons. The molecule has 0 amide bonds. The first kappa shape index (κ1) is 14.2. The Balaban J connectivity index is 2.48. The van der Waals surface area contributed by atoms with Crippen LogP contribution in [0.4, 0.5) is 5.69 Å². The van der Waals surface area contributed by atoms with Crippen molar-refractivity contribution in [3.8, 4) is 11.3 Å². The molecule has 19 heavy (non-hydrogen) atoms. The number of hydrogen-bond donors (Lipinski definition) is 1. The Morgan fingerprint density at radius 3 is 2.58 bits per heavy atom. The summed E-state index contributed by atoms with van der Waals surface area (Å²) in [5.41, 5.74) is 8.14. The lowest BCUT2D eigenvalue weighted by atomic mass is 10.1.